The van der Waals surface area contributed by atoms with Crippen LogP contribution in [0.5, 0.6) is 0 Å². The Balaban J connectivity index is 1.79. The molecule has 1 fully saturated rings. The van der Waals surface area contributed by atoms with Crippen molar-refractivity contribution < 1.29 is 4.79 Å². The summed E-state index contributed by atoms with van der Waals surface area (Å²) in [6.07, 6.45) is 5.73. The molecule has 2 heterocycles. The van der Waals surface area contributed by atoms with E-state index in [1.807, 2.05) is 48.4 Å². The first-order chi connectivity index (χ1) is 10.6. The molecule has 1 amide bonds. The highest BCUT2D eigenvalue weighted by molar-refractivity contribution is 5.94. The Kier molecular flexibility index (Phi) is 4.24. The molecule has 5 nitrogen and oxygen atoms in total. The van der Waals surface area contributed by atoms with E-state index in [2.05, 4.69) is 5.10 Å². The van der Waals surface area contributed by atoms with Gasteiger partial charge in [0.25, 0.3) is 5.91 Å². The van der Waals surface area contributed by atoms with E-state index in [4.69, 9.17) is 5.73 Å². The van der Waals surface area contributed by atoms with Gasteiger partial charge in [-0.2, -0.15) is 5.10 Å². The summed E-state index contributed by atoms with van der Waals surface area (Å²) in [5, 5.41) is 4.21. The minimum absolute atomic E-state index is 0.0827. The van der Waals surface area contributed by atoms with Gasteiger partial charge in [-0.3, -0.25) is 4.79 Å². The van der Waals surface area contributed by atoms with E-state index >= 15 is 0 Å². The average Bonchev–Trinajstić information content (AvgIpc) is 3.09. The fourth-order valence-electron chi connectivity index (χ4n) is 3.01. The van der Waals surface area contributed by atoms with E-state index < -0.39 is 0 Å². The number of nitrogens with two attached hydrogens (primary N) is 1. The minimum atomic E-state index is 0.0827. The zero-order valence-electron chi connectivity index (χ0n) is 12.9. The number of likely N-dealkylation sites (tertiary alicyclic amines) is 1. The molecule has 1 aliphatic rings. The standard InChI is InChI=1S/C17H22N4O/c1-13(18)15-6-3-9-20(12-15)17(22)14-5-2-7-16(11-14)21-10-4-8-19-21/h2,4-5,7-8,10-11,13,15H,3,6,9,12,18H2,1H3/t13-,15+/m1/s1. The Hall–Kier alpha value is -2.14. The van der Waals surface area contributed by atoms with Crippen LogP contribution in [-0.4, -0.2) is 39.7 Å². The number of hydrogen-bond acceptors (Lipinski definition) is 3. The van der Waals surface area contributed by atoms with Gasteiger partial charge in [-0.05, 0) is 49.9 Å². The Labute approximate surface area is 130 Å². The third kappa shape index (κ3) is 3.04. The number of benzene rings is 1. The maximum absolute atomic E-state index is 12.7. The Morgan fingerprint density at radius 1 is 1.41 bits per heavy atom. The van der Waals surface area contributed by atoms with Crippen molar-refractivity contribution in [1.82, 2.24) is 14.7 Å². The first-order valence-electron chi connectivity index (χ1n) is 7.80. The van der Waals surface area contributed by atoms with E-state index in [0.717, 1.165) is 31.6 Å². The van der Waals surface area contributed by atoms with E-state index in [1.165, 1.54) is 0 Å². The summed E-state index contributed by atoms with van der Waals surface area (Å²) in [5.74, 6) is 0.478. The SMILES string of the molecule is C[C@@H](N)[C@H]1CCCN(C(=O)c2cccc(-n3cccn3)c2)C1. The summed E-state index contributed by atoms with van der Waals surface area (Å²) in [5.41, 5.74) is 7.61. The second-order valence-electron chi connectivity index (χ2n) is 6.01. The van der Waals surface area contributed by atoms with Gasteiger partial charge in [0.05, 0.1) is 5.69 Å². The minimum Gasteiger partial charge on any atom is -0.338 e. The van der Waals surface area contributed by atoms with Crippen LogP contribution in [0.25, 0.3) is 5.69 Å². The van der Waals surface area contributed by atoms with Crippen LogP contribution in [0.3, 0.4) is 0 Å². The molecule has 3 rings (SSSR count). The molecule has 1 aromatic carbocycles. The molecular weight excluding hydrogens is 276 g/mol. The van der Waals surface area contributed by atoms with Crippen LogP contribution in [0, 0.1) is 5.92 Å². The number of amides is 1. The summed E-state index contributed by atoms with van der Waals surface area (Å²) in [7, 11) is 0. The number of aromatic nitrogens is 2. The average molecular weight is 298 g/mol. The molecule has 0 aliphatic carbocycles. The largest absolute Gasteiger partial charge is 0.338 e. The van der Waals surface area contributed by atoms with Crippen molar-refractivity contribution in [3.8, 4) is 5.69 Å². The van der Waals surface area contributed by atoms with Crippen molar-refractivity contribution >= 4 is 5.91 Å². The van der Waals surface area contributed by atoms with Crippen molar-refractivity contribution in [2.75, 3.05) is 13.1 Å². The van der Waals surface area contributed by atoms with Crippen molar-refractivity contribution in [3.05, 3.63) is 48.3 Å². The molecule has 2 atom stereocenters. The number of carbonyl (C=O) groups is 1. The first-order valence-corrected chi connectivity index (χ1v) is 7.80. The summed E-state index contributed by atoms with van der Waals surface area (Å²) >= 11 is 0. The summed E-state index contributed by atoms with van der Waals surface area (Å²) in [4.78, 5) is 14.7. The van der Waals surface area contributed by atoms with Gasteiger partial charge in [0.1, 0.15) is 0 Å². The summed E-state index contributed by atoms with van der Waals surface area (Å²) in [6.45, 7) is 3.59. The van der Waals surface area contributed by atoms with Crippen LogP contribution in [0.1, 0.15) is 30.1 Å². The molecule has 0 unspecified atom stereocenters. The molecular formula is C17H22N4O. The molecule has 0 spiro atoms. The van der Waals surface area contributed by atoms with Gasteiger partial charge in [-0.15, -0.1) is 0 Å². The quantitative estimate of drug-likeness (QED) is 0.943. The molecule has 22 heavy (non-hydrogen) atoms. The highest BCUT2D eigenvalue weighted by Crippen LogP contribution is 2.21. The molecule has 0 radical (unpaired) electrons. The van der Waals surface area contributed by atoms with Crippen molar-refractivity contribution in [2.45, 2.75) is 25.8 Å². The van der Waals surface area contributed by atoms with Crippen molar-refractivity contribution in [1.29, 1.82) is 0 Å². The van der Waals surface area contributed by atoms with Gasteiger partial charge >= 0.3 is 0 Å². The second-order valence-corrected chi connectivity index (χ2v) is 6.01. The number of nitrogens with zero attached hydrogens (tertiary/aromatic N) is 3. The molecule has 2 aromatic rings. The lowest BCUT2D eigenvalue weighted by molar-refractivity contribution is 0.0661. The molecule has 0 saturated carbocycles. The maximum Gasteiger partial charge on any atom is 0.253 e. The highest BCUT2D eigenvalue weighted by atomic mass is 16.2. The summed E-state index contributed by atoms with van der Waals surface area (Å²) < 4.78 is 1.76. The predicted octanol–water partition coefficient (Wildman–Crippen LogP) is 2.07. The molecule has 2 N–H and O–H groups in total. The lowest BCUT2D eigenvalue weighted by Gasteiger charge is -2.34. The van der Waals surface area contributed by atoms with E-state index in [1.54, 1.807) is 10.9 Å². The van der Waals surface area contributed by atoms with Crippen LogP contribution in [0.4, 0.5) is 0 Å². The third-order valence-corrected chi connectivity index (χ3v) is 4.35. The first kappa shape index (κ1) is 14.8. The monoisotopic (exact) mass is 298 g/mol. The van der Waals surface area contributed by atoms with Gasteiger partial charge in [-0.1, -0.05) is 6.07 Å². The normalized spacial score (nSPS) is 19.9. The van der Waals surface area contributed by atoms with Crippen LogP contribution >= 0.6 is 0 Å². The predicted molar refractivity (Wildman–Crippen MR) is 85.8 cm³/mol. The number of hydrogen-bond donors (Lipinski definition) is 1. The van der Waals surface area contributed by atoms with Gasteiger partial charge in [-0.25, -0.2) is 4.68 Å². The lowest BCUT2D eigenvalue weighted by atomic mass is 9.92. The number of carbonyl (C=O) groups excluding carboxylic acids is 1. The Morgan fingerprint density at radius 2 is 2.27 bits per heavy atom. The van der Waals surface area contributed by atoms with E-state index in [9.17, 15) is 4.79 Å². The highest BCUT2D eigenvalue weighted by Gasteiger charge is 2.26. The van der Waals surface area contributed by atoms with Gasteiger partial charge in [0, 0.05) is 37.1 Å². The fraction of sp³-hybridized carbons (Fsp3) is 0.412. The molecule has 0 bridgehead atoms. The third-order valence-electron chi connectivity index (χ3n) is 4.35. The molecule has 5 heteroatoms. The zero-order valence-corrected chi connectivity index (χ0v) is 12.9. The Morgan fingerprint density at radius 3 is 3.00 bits per heavy atom. The maximum atomic E-state index is 12.7. The Bertz CT molecular complexity index is 636. The van der Waals surface area contributed by atoms with E-state index in [0.29, 0.717) is 11.5 Å². The number of piperidine rings is 1. The van der Waals surface area contributed by atoms with Gasteiger partial charge < -0.3 is 10.6 Å². The van der Waals surface area contributed by atoms with Crippen molar-refractivity contribution in [2.24, 2.45) is 11.7 Å². The van der Waals surface area contributed by atoms with Crippen LogP contribution in [0.2, 0.25) is 0 Å². The number of rotatable bonds is 3. The fourth-order valence-corrected chi connectivity index (χ4v) is 3.01. The van der Waals surface area contributed by atoms with Crippen molar-refractivity contribution in [3.63, 3.8) is 0 Å². The van der Waals surface area contributed by atoms with Gasteiger partial charge in [0.2, 0.25) is 0 Å². The summed E-state index contributed by atoms with van der Waals surface area (Å²) in [6, 6.07) is 9.61. The topological polar surface area (TPSA) is 64.2 Å². The molecule has 1 aromatic heterocycles. The zero-order chi connectivity index (χ0) is 15.5. The molecule has 1 saturated heterocycles. The van der Waals surface area contributed by atoms with E-state index in [-0.39, 0.29) is 11.9 Å². The molecule has 1 aliphatic heterocycles. The van der Waals surface area contributed by atoms with Crippen LogP contribution in [0.15, 0.2) is 42.7 Å². The second kappa shape index (κ2) is 6.32. The smallest absolute Gasteiger partial charge is 0.253 e. The molecule has 116 valence electrons. The van der Waals surface area contributed by atoms with Crippen LogP contribution < -0.4 is 5.73 Å². The van der Waals surface area contributed by atoms with Crippen LogP contribution in [-0.2, 0) is 0 Å². The lowest BCUT2D eigenvalue weighted by Crippen LogP contribution is -2.45. The van der Waals surface area contributed by atoms with Gasteiger partial charge in [0.15, 0.2) is 0 Å².